The molecule has 122 valence electrons. The minimum Gasteiger partial charge on any atom is -0.273 e. The lowest BCUT2D eigenvalue weighted by Gasteiger charge is -2.10. The number of hydrogen-bond donors (Lipinski definition) is 1. The van der Waals surface area contributed by atoms with E-state index in [2.05, 4.69) is 27.8 Å². The Balaban J connectivity index is 1.65. The maximum atomic E-state index is 12.3. The molecule has 2 aromatic carbocycles. The van der Waals surface area contributed by atoms with Crippen LogP contribution in [0.1, 0.15) is 17.0 Å². The monoisotopic (exact) mass is 338 g/mol. The molecule has 1 heterocycles. The Bertz CT molecular complexity index is 802. The highest BCUT2D eigenvalue weighted by Crippen LogP contribution is 2.20. The summed E-state index contributed by atoms with van der Waals surface area (Å²) in [4.78, 5) is 12.3. The molecular formula is C18H18N4OS. The van der Waals surface area contributed by atoms with E-state index in [4.69, 9.17) is 0 Å². The van der Waals surface area contributed by atoms with Crippen LogP contribution in [0.2, 0.25) is 0 Å². The van der Waals surface area contributed by atoms with E-state index in [1.54, 1.807) is 16.4 Å². The first-order valence-electron chi connectivity index (χ1n) is 7.65. The highest BCUT2D eigenvalue weighted by atomic mass is 32.2. The molecule has 3 rings (SSSR count). The van der Waals surface area contributed by atoms with E-state index in [1.807, 2.05) is 55.5 Å². The van der Waals surface area contributed by atoms with E-state index < -0.39 is 0 Å². The number of amides is 1. The van der Waals surface area contributed by atoms with E-state index in [9.17, 15) is 4.79 Å². The molecule has 0 aliphatic rings. The lowest BCUT2D eigenvalue weighted by molar-refractivity contribution is -0.116. The van der Waals surface area contributed by atoms with Crippen LogP contribution in [0.3, 0.4) is 0 Å². The summed E-state index contributed by atoms with van der Waals surface area (Å²) < 4.78 is 1.65. The fourth-order valence-electron chi connectivity index (χ4n) is 2.23. The molecule has 3 aromatic rings. The molecule has 6 heteroatoms. The van der Waals surface area contributed by atoms with Gasteiger partial charge in [0, 0.05) is 5.75 Å². The molecule has 0 saturated heterocycles. The number of aromatic nitrogens is 3. The normalized spacial score (nSPS) is 10.5. The fourth-order valence-corrected chi connectivity index (χ4v) is 3.13. The first-order chi connectivity index (χ1) is 11.7. The quantitative estimate of drug-likeness (QED) is 0.701. The summed E-state index contributed by atoms with van der Waals surface area (Å²) in [5.41, 5.74) is 5.05. The molecule has 0 atom stereocenters. The van der Waals surface area contributed by atoms with E-state index in [0.29, 0.717) is 17.4 Å². The zero-order valence-electron chi connectivity index (χ0n) is 13.3. The van der Waals surface area contributed by atoms with Crippen molar-refractivity contribution in [3.8, 4) is 0 Å². The van der Waals surface area contributed by atoms with Gasteiger partial charge in [-0.15, -0.1) is 10.2 Å². The molecule has 0 fully saturated rings. The van der Waals surface area contributed by atoms with Crippen LogP contribution in [0.25, 0.3) is 0 Å². The van der Waals surface area contributed by atoms with Gasteiger partial charge in [0.25, 0.3) is 0 Å². The number of nitrogens with one attached hydrogen (secondary N) is 1. The number of rotatable bonds is 6. The van der Waals surface area contributed by atoms with Gasteiger partial charge < -0.3 is 0 Å². The lowest BCUT2D eigenvalue weighted by Crippen LogP contribution is -2.26. The van der Waals surface area contributed by atoms with Crippen LogP contribution in [0, 0.1) is 6.92 Å². The van der Waals surface area contributed by atoms with Gasteiger partial charge in [-0.25, -0.2) is 4.68 Å². The second-order valence-electron chi connectivity index (χ2n) is 5.34. The van der Waals surface area contributed by atoms with Gasteiger partial charge in [0.15, 0.2) is 0 Å². The van der Waals surface area contributed by atoms with E-state index in [-0.39, 0.29) is 5.91 Å². The zero-order chi connectivity index (χ0) is 16.8. The number of carbonyl (C=O) groups is 1. The van der Waals surface area contributed by atoms with Crippen molar-refractivity contribution in [1.82, 2.24) is 14.9 Å². The van der Waals surface area contributed by atoms with Gasteiger partial charge in [-0.1, -0.05) is 72.4 Å². The summed E-state index contributed by atoms with van der Waals surface area (Å²) in [7, 11) is 0. The van der Waals surface area contributed by atoms with Gasteiger partial charge >= 0.3 is 0 Å². The van der Waals surface area contributed by atoms with Crippen LogP contribution >= 0.6 is 11.8 Å². The lowest BCUT2D eigenvalue weighted by atomic mass is 10.1. The van der Waals surface area contributed by atoms with Crippen molar-refractivity contribution in [2.45, 2.75) is 24.3 Å². The Kier molecular flexibility index (Phi) is 5.28. The van der Waals surface area contributed by atoms with Crippen molar-refractivity contribution in [1.29, 1.82) is 0 Å². The number of nitrogens with zero attached hydrogens (tertiary/aromatic N) is 3. The van der Waals surface area contributed by atoms with Crippen molar-refractivity contribution in [3.63, 3.8) is 0 Å². The smallest absolute Gasteiger partial charge is 0.243 e. The van der Waals surface area contributed by atoms with Crippen molar-refractivity contribution in [2.24, 2.45) is 0 Å². The predicted octanol–water partition coefficient (Wildman–Crippen LogP) is 3.19. The summed E-state index contributed by atoms with van der Waals surface area (Å²) >= 11 is 1.54. The molecule has 1 N–H and O–H groups in total. The summed E-state index contributed by atoms with van der Waals surface area (Å²) in [6.45, 7) is 1.82. The SMILES string of the molecule is Cc1nnc(SCc2ccccc2)n1NC(=O)Cc1ccccc1. The Hall–Kier alpha value is -2.60. The molecule has 0 unspecified atom stereocenters. The number of benzene rings is 2. The van der Waals surface area contributed by atoms with E-state index >= 15 is 0 Å². The number of thioether (sulfide) groups is 1. The first-order valence-corrected chi connectivity index (χ1v) is 8.63. The third kappa shape index (κ3) is 4.23. The number of aryl methyl sites for hydroxylation is 1. The van der Waals surface area contributed by atoms with Crippen molar-refractivity contribution < 1.29 is 4.79 Å². The molecule has 0 bridgehead atoms. The van der Waals surface area contributed by atoms with Gasteiger partial charge in [0.2, 0.25) is 11.1 Å². The van der Waals surface area contributed by atoms with Crippen molar-refractivity contribution in [3.05, 3.63) is 77.6 Å². The second-order valence-corrected chi connectivity index (χ2v) is 6.28. The molecule has 5 nitrogen and oxygen atoms in total. The Labute approximate surface area is 145 Å². The molecular weight excluding hydrogens is 320 g/mol. The van der Waals surface area contributed by atoms with Gasteiger partial charge in [-0.2, -0.15) is 0 Å². The van der Waals surface area contributed by atoms with Gasteiger partial charge in [0.1, 0.15) is 5.82 Å². The van der Waals surface area contributed by atoms with E-state index in [1.165, 1.54) is 5.56 Å². The molecule has 0 spiro atoms. The second kappa shape index (κ2) is 7.79. The Morgan fingerprint density at radius 3 is 2.29 bits per heavy atom. The van der Waals surface area contributed by atoms with Crippen LogP contribution in [0.4, 0.5) is 0 Å². The molecule has 0 radical (unpaired) electrons. The van der Waals surface area contributed by atoms with Crippen LogP contribution < -0.4 is 5.43 Å². The van der Waals surface area contributed by atoms with Crippen LogP contribution in [-0.2, 0) is 17.0 Å². The topological polar surface area (TPSA) is 59.8 Å². The molecule has 1 aromatic heterocycles. The highest BCUT2D eigenvalue weighted by molar-refractivity contribution is 7.98. The summed E-state index contributed by atoms with van der Waals surface area (Å²) in [5, 5.41) is 8.90. The maximum absolute atomic E-state index is 12.3. The van der Waals surface area contributed by atoms with E-state index in [0.717, 1.165) is 11.3 Å². The third-order valence-corrected chi connectivity index (χ3v) is 4.45. The average Bonchev–Trinajstić information content (AvgIpc) is 2.95. The minimum atomic E-state index is -0.0920. The van der Waals surface area contributed by atoms with Crippen LogP contribution in [0.15, 0.2) is 65.8 Å². The van der Waals surface area contributed by atoms with Crippen LogP contribution in [0.5, 0.6) is 0 Å². The van der Waals surface area contributed by atoms with Crippen molar-refractivity contribution in [2.75, 3.05) is 5.43 Å². The Morgan fingerprint density at radius 1 is 1.00 bits per heavy atom. The largest absolute Gasteiger partial charge is 0.273 e. The fraction of sp³-hybridized carbons (Fsp3) is 0.167. The number of hydrogen-bond acceptors (Lipinski definition) is 4. The van der Waals surface area contributed by atoms with Crippen molar-refractivity contribution >= 4 is 17.7 Å². The summed E-state index contributed by atoms with van der Waals surface area (Å²) in [5.74, 6) is 1.34. The first kappa shape index (κ1) is 16.3. The average molecular weight is 338 g/mol. The van der Waals surface area contributed by atoms with Gasteiger partial charge in [-0.05, 0) is 18.1 Å². The maximum Gasteiger partial charge on any atom is 0.243 e. The molecule has 1 amide bonds. The summed E-state index contributed by atoms with van der Waals surface area (Å²) in [6.07, 6.45) is 0.321. The van der Waals surface area contributed by atoms with Gasteiger partial charge in [-0.3, -0.25) is 10.2 Å². The molecule has 0 saturated carbocycles. The van der Waals surface area contributed by atoms with Gasteiger partial charge in [0.05, 0.1) is 6.42 Å². The van der Waals surface area contributed by atoms with Crippen LogP contribution in [-0.4, -0.2) is 20.8 Å². The number of carbonyl (C=O) groups excluding carboxylic acids is 1. The molecule has 0 aliphatic carbocycles. The molecule has 24 heavy (non-hydrogen) atoms. The zero-order valence-corrected chi connectivity index (χ0v) is 14.2. The third-order valence-electron chi connectivity index (χ3n) is 3.45. The minimum absolute atomic E-state index is 0.0920. The predicted molar refractivity (Wildman–Crippen MR) is 95.3 cm³/mol. The Morgan fingerprint density at radius 2 is 1.62 bits per heavy atom. The molecule has 0 aliphatic heterocycles. The standard InChI is InChI=1S/C18H18N4OS/c1-14-19-20-18(24-13-16-10-6-3-7-11-16)22(14)21-17(23)12-15-8-4-2-5-9-15/h2-11H,12-13H2,1H3,(H,21,23). The highest BCUT2D eigenvalue weighted by Gasteiger charge is 2.12. The summed E-state index contributed by atoms with van der Waals surface area (Å²) in [6, 6.07) is 19.8.